The van der Waals surface area contributed by atoms with Crippen molar-refractivity contribution in [2.75, 3.05) is 0 Å². The van der Waals surface area contributed by atoms with Crippen molar-refractivity contribution >= 4 is 94.7 Å². The van der Waals surface area contributed by atoms with Gasteiger partial charge in [-0.3, -0.25) is 0 Å². The summed E-state index contributed by atoms with van der Waals surface area (Å²) in [5.41, 5.74) is 10.3. The molecule has 0 N–H and O–H groups in total. The monoisotopic (exact) mass is 872 g/mol. The Morgan fingerprint density at radius 2 is 0.531 bits per heavy atom. The molecule has 280 valence electrons. The summed E-state index contributed by atoms with van der Waals surface area (Å²) in [5.74, 6) is 0. The molecule has 2 fully saturated rings. The SMILES string of the molecule is C=C[Si]1(C)O[Si](C)(C=C)O[Si](C)(O[Si](C)(C)O[Si](C)(C)O[Si](C)(C)O[Si]2(C)O[Si](C)(C=C)O[Si](C)(C=C)O[Si](C)(C=C)O2)O[Si](C)(C=C)O1. The third-order valence-corrected chi connectivity index (χ3v) is 51.8. The summed E-state index contributed by atoms with van der Waals surface area (Å²) in [5, 5.41) is 0. The van der Waals surface area contributed by atoms with Gasteiger partial charge in [-0.2, -0.15) is 0 Å². The van der Waals surface area contributed by atoms with E-state index in [1.807, 2.05) is 91.7 Å². The zero-order valence-electron chi connectivity index (χ0n) is 32.1. The normalized spacial score (nSPS) is 41.3. The van der Waals surface area contributed by atoms with Crippen molar-refractivity contribution in [1.82, 2.24) is 0 Å². The van der Waals surface area contributed by atoms with Gasteiger partial charge in [0.1, 0.15) is 0 Å². The van der Waals surface area contributed by atoms with Gasteiger partial charge in [0, 0.05) is 13.1 Å². The summed E-state index contributed by atoms with van der Waals surface area (Å²) in [7, 11) is -33.9. The Balaban J connectivity index is 2.37. The Labute approximate surface area is 307 Å². The fourth-order valence-electron chi connectivity index (χ4n) is 5.97. The molecule has 0 spiro atoms. The van der Waals surface area contributed by atoms with E-state index in [2.05, 4.69) is 39.5 Å². The molecule has 0 aromatic heterocycles. The van der Waals surface area contributed by atoms with Crippen LogP contribution in [0.25, 0.3) is 0 Å². The zero-order chi connectivity index (χ0) is 38.2. The summed E-state index contributed by atoms with van der Waals surface area (Å²) >= 11 is 0. The van der Waals surface area contributed by atoms with Crippen LogP contribution in [0.2, 0.25) is 91.7 Å². The maximum atomic E-state index is 6.82. The van der Waals surface area contributed by atoms with Gasteiger partial charge >= 0.3 is 94.7 Å². The quantitative estimate of drug-likeness (QED) is 0.164. The van der Waals surface area contributed by atoms with Gasteiger partial charge in [0.15, 0.2) is 0 Å². The molecule has 0 aliphatic carbocycles. The standard InChI is InChI=1S/C26H60O12Si11/c1-21-42(13)31-44(15,23-3)35-48(19,36-45(16,24-4)32-42)29-40(9,10)27-39(7,8)28-41(11,12)30-49(20)37-46(17,25-5)33-43(14,22-2)34-47(18,26-6)38-49/h21-26H,1-6H2,7-20H3. The first-order valence-corrected chi connectivity index (χ1v) is 43.3. The largest absolute Gasteiger partial charge is 0.471 e. The van der Waals surface area contributed by atoms with Gasteiger partial charge in [0.05, 0.1) is 0 Å². The lowest BCUT2D eigenvalue weighted by Crippen LogP contribution is -2.70. The van der Waals surface area contributed by atoms with Crippen molar-refractivity contribution < 1.29 is 49.4 Å². The molecule has 0 bridgehead atoms. The van der Waals surface area contributed by atoms with Gasteiger partial charge in [-0.15, -0.1) is 39.5 Å². The van der Waals surface area contributed by atoms with Crippen LogP contribution in [0.3, 0.4) is 0 Å². The Morgan fingerprint density at radius 1 is 0.347 bits per heavy atom. The fraction of sp³-hybridized carbons (Fsp3) is 0.538. The van der Waals surface area contributed by atoms with Crippen molar-refractivity contribution in [3.8, 4) is 0 Å². The van der Waals surface area contributed by atoms with E-state index < -0.39 is 94.7 Å². The van der Waals surface area contributed by atoms with Gasteiger partial charge in [0.2, 0.25) is 0 Å². The molecule has 2 aliphatic heterocycles. The van der Waals surface area contributed by atoms with Gasteiger partial charge in [0.25, 0.3) is 0 Å². The maximum absolute atomic E-state index is 6.82. The third-order valence-electron chi connectivity index (χ3n) is 7.24. The lowest BCUT2D eigenvalue weighted by molar-refractivity contribution is 0.170. The molecule has 0 radical (unpaired) electrons. The van der Waals surface area contributed by atoms with Gasteiger partial charge in [-0.25, -0.2) is 0 Å². The molecular formula is C26H60O12Si11. The molecule has 23 heteroatoms. The minimum atomic E-state index is -3.49. The average Bonchev–Trinajstić information content (AvgIpc) is 2.88. The van der Waals surface area contributed by atoms with Crippen LogP contribution in [0.1, 0.15) is 0 Å². The molecule has 12 nitrogen and oxygen atoms in total. The van der Waals surface area contributed by atoms with Gasteiger partial charge in [-0.05, 0) is 78.6 Å². The average molecular weight is 874 g/mol. The lowest BCUT2D eigenvalue weighted by Gasteiger charge is -2.49. The van der Waals surface area contributed by atoms with E-state index in [1.54, 1.807) is 34.2 Å². The second kappa shape index (κ2) is 15.2. The van der Waals surface area contributed by atoms with Crippen LogP contribution >= 0.6 is 0 Å². The first-order valence-electron chi connectivity index (χ1n) is 16.1. The summed E-state index contributed by atoms with van der Waals surface area (Å²) in [6.45, 7) is 50.8. The number of hydrogen-bond donors (Lipinski definition) is 0. The molecule has 0 amide bonds. The van der Waals surface area contributed by atoms with Crippen LogP contribution in [0, 0.1) is 0 Å². The molecule has 0 saturated carbocycles. The molecule has 2 aliphatic rings. The molecule has 4 atom stereocenters. The molecule has 0 aromatic carbocycles. The molecule has 2 rings (SSSR count). The Bertz CT molecular complexity index is 1160. The van der Waals surface area contributed by atoms with E-state index in [9.17, 15) is 0 Å². The molecule has 4 unspecified atom stereocenters. The number of rotatable bonds is 14. The highest BCUT2D eigenvalue weighted by Crippen LogP contribution is 2.37. The third kappa shape index (κ3) is 12.7. The van der Waals surface area contributed by atoms with E-state index in [-0.39, 0.29) is 0 Å². The first-order chi connectivity index (χ1) is 21.8. The predicted molar refractivity (Wildman–Crippen MR) is 220 cm³/mol. The van der Waals surface area contributed by atoms with E-state index in [0.29, 0.717) is 0 Å². The van der Waals surface area contributed by atoms with Gasteiger partial charge in [-0.1, -0.05) is 34.2 Å². The minimum absolute atomic E-state index is 1.71. The lowest BCUT2D eigenvalue weighted by atomic mass is 11.3. The van der Waals surface area contributed by atoms with Crippen LogP contribution in [-0.2, 0) is 49.4 Å². The molecule has 2 heterocycles. The highest BCUT2D eigenvalue weighted by molar-refractivity contribution is 6.99. The zero-order valence-corrected chi connectivity index (χ0v) is 43.1. The highest BCUT2D eigenvalue weighted by atomic mass is 28.6. The van der Waals surface area contributed by atoms with E-state index in [1.165, 1.54) is 0 Å². The van der Waals surface area contributed by atoms with Crippen molar-refractivity contribution in [3.63, 3.8) is 0 Å². The smallest absolute Gasteiger partial charge is 0.416 e. The summed E-state index contributed by atoms with van der Waals surface area (Å²) < 4.78 is 80.4. The van der Waals surface area contributed by atoms with Crippen LogP contribution in [0.15, 0.2) is 73.7 Å². The Morgan fingerprint density at radius 3 is 0.714 bits per heavy atom. The van der Waals surface area contributed by atoms with Crippen LogP contribution in [0.5, 0.6) is 0 Å². The molecule has 49 heavy (non-hydrogen) atoms. The fourth-order valence-corrected chi connectivity index (χ4v) is 59.4. The van der Waals surface area contributed by atoms with Crippen molar-refractivity contribution in [1.29, 1.82) is 0 Å². The predicted octanol–water partition coefficient (Wildman–Crippen LogP) is 7.24. The number of hydrogen-bond acceptors (Lipinski definition) is 12. The van der Waals surface area contributed by atoms with Crippen LogP contribution < -0.4 is 0 Å². The summed E-state index contributed by atoms with van der Waals surface area (Å²) in [6, 6.07) is 0. The Kier molecular flexibility index (Phi) is 14.1. The second-order valence-corrected chi connectivity index (χ2v) is 50.8. The highest BCUT2D eigenvalue weighted by Gasteiger charge is 2.61. The second-order valence-electron chi connectivity index (χ2n) is 14.5. The molecule has 2 saturated heterocycles. The minimum Gasteiger partial charge on any atom is -0.416 e. The van der Waals surface area contributed by atoms with Crippen molar-refractivity contribution in [2.24, 2.45) is 0 Å². The molecular weight excluding hydrogens is 813 g/mol. The topological polar surface area (TPSA) is 111 Å². The van der Waals surface area contributed by atoms with Crippen LogP contribution in [-0.4, -0.2) is 94.7 Å². The van der Waals surface area contributed by atoms with Crippen LogP contribution in [0.4, 0.5) is 0 Å². The summed E-state index contributed by atoms with van der Waals surface area (Å²) in [6.07, 6.45) is 0. The van der Waals surface area contributed by atoms with E-state index in [4.69, 9.17) is 49.4 Å². The maximum Gasteiger partial charge on any atom is 0.471 e. The summed E-state index contributed by atoms with van der Waals surface area (Å²) in [4.78, 5) is 0. The Hall–Kier alpha value is 0.346. The van der Waals surface area contributed by atoms with E-state index >= 15 is 0 Å². The molecule has 0 aromatic rings. The first kappa shape index (κ1) is 45.5. The van der Waals surface area contributed by atoms with Crippen molar-refractivity contribution in [3.05, 3.63) is 73.7 Å². The van der Waals surface area contributed by atoms with Gasteiger partial charge < -0.3 is 49.4 Å². The van der Waals surface area contributed by atoms with Crippen molar-refractivity contribution in [2.45, 2.75) is 91.7 Å². The van der Waals surface area contributed by atoms with E-state index in [0.717, 1.165) is 0 Å².